The maximum Gasteiger partial charge on any atom is 0.274 e. The fraction of sp³-hybridized carbons (Fsp3) is 0.200. The summed E-state index contributed by atoms with van der Waals surface area (Å²) >= 11 is 6.01. The summed E-state index contributed by atoms with van der Waals surface area (Å²) in [6, 6.07) is 14.7. The molecule has 0 unspecified atom stereocenters. The van der Waals surface area contributed by atoms with Gasteiger partial charge in [0.25, 0.3) is 5.91 Å². The SMILES string of the molecule is COCn1nccc1C(=O)Nc1ccc(C)c(OCc2cccc(Cl)c2)c1. The molecule has 3 aromatic rings. The summed E-state index contributed by atoms with van der Waals surface area (Å²) in [6.07, 6.45) is 1.56. The summed E-state index contributed by atoms with van der Waals surface area (Å²) in [4.78, 5) is 12.5. The fourth-order valence-electron chi connectivity index (χ4n) is 2.57. The minimum absolute atomic E-state index is 0.206. The van der Waals surface area contributed by atoms with Gasteiger partial charge in [-0.2, -0.15) is 5.10 Å². The summed E-state index contributed by atoms with van der Waals surface area (Å²) < 4.78 is 12.4. The smallest absolute Gasteiger partial charge is 0.274 e. The Morgan fingerprint density at radius 3 is 2.85 bits per heavy atom. The van der Waals surface area contributed by atoms with Crippen LogP contribution in [0.1, 0.15) is 21.6 Å². The Bertz CT molecular complexity index is 940. The van der Waals surface area contributed by atoms with Crippen molar-refractivity contribution in [3.8, 4) is 5.75 Å². The van der Waals surface area contributed by atoms with Gasteiger partial charge in [-0.15, -0.1) is 0 Å². The van der Waals surface area contributed by atoms with Crippen molar-refractivity contribution in [3.63, 3.8) is 0 Å². The Morgan fingerprint density at radius 2 is 2.07 bits per heavy atom. The largest absolute Gasteiger partial charge is 0.489 e. The highest BCUT2D eigenvalue weighted by Crippen LogP contribution is 2.24. The van der Waals surface area contributed by atoms with Crippen molar-refractivity contribution in [2.45, 2.75) is 20.3 Å². The molecule has 0 aliphatic heterocycles. The van der Waals surface area contributed by atoms with E-state index in [0.717, 1.165) is 11.1 Å². The number of rotatable bonds is 7. The number of aryl methyl sites for hydroxylation is 1. The third kappa shape index (κ3) is 4.87. The first-order valence-corrected chi connectivity index (χ1v) is 8.74. The van der Waals surface area contributed by atoms with Gasteiger partial charge in [0.15, 0.2) is 0 Å². The molecule has 6 nitrogen and oxygen atoms in total. The number of ether oxygens (including phenoxy) is 2. The molecule has 0 aliphatic carbocycles. The highest BCUT2D eigenvalue weighted by molar-refractivity contribution is 6.30. The molecule has 0 aliphatic rings. The first-order valence-electron chi connectivity index (χ1n) is 8.37. The molecule has 1 heterocycles. The first-order chi connectivity index (χ1) is 13.1. The molecule has 0 bridgehead atoms. The van der Waals surface area contributed by atoms with Crippen molar-refractivity contribution in [1.29, 1.82) is 0 Å². The predicted molar refractivity (Wildman–Crippen MR) is 104 cm³/mol. The van der Waals surface area contributed by atoms with E-state index in [2.05, 4.69) is 10.4 Å². The summed E-state index contributed by atoms with van der Waals surface area (Å²) in [7, 11) is 1.55. The minimum Gasteiger partial charge on any atom is -0.489 e. The molecular weight excluding hydrogens is 366 g/mol. The van der Waals surface area contributed by atoms with E-state index in [4.69, 9.17) is 21.1 Å². The van der Waals surface area contributed by atoms with Gasteiger partial charge in [-0.05, 0) is 42.3 Å². The number of hydrogen-bond acceptors (Lipinski definition) is 4. The van der Waals surface area contributed by atoms with Crippen LogP contribution in [0.2, 0.25) is 5.02 Å². The molecule has 1 amide bonds. The standard InChI is InChI=1S/C20H20ClN3O3/c1-14-6-7-17(23-20(25)18-8-9-22-24(18)13-26-2)11-19(14)27-12-15-4-3-5-16(21)10-15/h3-11H,12-13H2,1-2H3,(H,23,25). The average molecular weight is 386 g/mol. The van der Waals surface area contributed by atoms with Gasteiger partial charge in [0.2, 0.25) is 0 Å². The van der Waals surface area contributed by atoms with Crippen molar-refractivity contribution < 1.29 is 14.3 Å². The molecule has 3 rings (SSSR count). The number of aromatic nitrogens is 2. The molecule has 0 fully saturated rings. The number of nitrogens with one attached hydrogen (secondary N) is 1. The van der Waals surface area contributed by atoms with E-state index >= 15 is 0 Å². The van der Waals surface area contributed by atoms with E-state index in [0.29, 0.717) is 28.8 Å². The number of nitrogens with zero attached hydrogens (tertiary/aromatic N) is 2. The van der Waals surface area contributed by atoms with Gasteiger partial charge < -0.3 is 14.8 Å². The zero-order valence-corrected chi connectivity index (χ0v) is 15.9. The normalized spacial score (nSPS) is 10.6. The van der Waals surface area contributed by atoms with E-state index in [1.807, 2.05) is 43.3 Å². The van der Waals surface area contributed by atoms with Gasteiger partial charge >= 0.3 is 0 Å². The van der Waals surface area contributed by atoms with E-state index < -0.39 is 0 Å². The molecule has 2 aromatic carbocycles. The maximum absolute atomic E-state index is 12.5. The number of halogens is 1. The van der Waals surface area contributed by atoms with Crippen LogP contribution in [0.5, 0.6) is 5.75 Å². The lowest BCUT2D eigenvalue weighted by atomic mass is 10.2. The minimum atomic E-state index is -0.269. The summed E-state index contributed by atoms with van der Waals surface area (Å²) in [5.41, 5.74) is 3.00. The highest BCUT2D eigenvalue weighted by Gasteiger charge is 2.13. The molecule has 0 saturated heterocycles. The quantitative estimate of drug-likeness (QED) is 0.659. The zero-order chi connectivity index (χ0) is 19.2. The average Bonchev–Trinajstić information content (AvgIpc) is 3.11. The number of methoxy groups -OCH3 is 1. The van der Waals surface area contributed by atoms with Crippen LogP contribution >= 0.6 is 11.6 Å². The molecule has 0 radical (unpaired) electrons. The first kappa shape index (κ1) is 18.9. The molecule has 0 saturated carbocycles. The number of carbonyl (C=O) groups is 1. The summed E-state index contributed by atoms with van der Waals surface area (Å²) in [5, 5.41) is 7.60. The van der Waals surface area contributed by atoms with Crippen LogP contribution in [0.15, 0.2) is 54.7 Å². The van der Waals surface area contributed by atoms with Crippen LogP contribution < -0.4 is 10.1 Å². The number of carbonyl (C=O) groups excluding carboxylic acids is 1. The van der Waals surface area contributed by atoms with Crippen LogP contribution in [-0.4, -0.2) is 22.8 Å². The van der Waals surface area contributed by atoms with Crippen molar-refractivity contribution in [3.05, 3.63) is 76.6 Å². The third-order valence-corrected chi connectivity index (χ3v) is 4.17. The second-order valence-electron chi connectivity index (χ2n) is 5.99. The van der Waals surface area contributed by atoms with Gasteiger partial charge in [0, 0.05) is 30.1 Å². The Balaban J connectivity index is 1.71. The van der Waals surface area contributed by atoms with Crippen LogP contribution in [0.25, 0.3) is 0 Å². The second-order valence-corrected chi connectivity index (χ2v) is 6.42. The van der Waals surface area contributed by atoms with E-state index in [1.165, 1.54) is 4.68 Å². The van der Waals surface area contributed by atoms with Gasteiger partial charge in [-0.25, -0.2) is 4.68 Å². The van der Waals surface area contributed by atoms with E-state index in [9.17, 15) is 4.79 Å². The molecular formula is C20H20ClN3O3. The van der Waals surface area contributed by atoms with Gasteiger partial charge in [0.1, 0.15) is 24.8 Å². The number of benzene rings is 2. The maximum atomic E-state index is 12.5. The van der Waals surface area contributed by atoms with Crippen molar-refractivity contribution in [2.24, 2.45) is 0 Å². The Morgan fingerprint density at radius 1 is 1.22 bits per heavy atom. The highest BCUT2D eigenvalue weighted by atomic mass is 35.5. The second kappa shape index (κ2) is 8.70. The lowest BCUT2D eigenvalue weighted by Crippen LogP contribution is -2.18. The molecule has 0 spiro atoms. The lowest BCUT2D eigenvalue weighted by molar-refractivity contribution is 0.0956. The molecule has 7 heteroatoms. The van der Waals surface area contributed by atoms with E-state index in [1.54, 1.807) is 25.4 Å². The van der Waals surface area contributed by atoms with Crippen LogP contribution in [0.3, 0.4) is 0 Å². The summed E-state index contributed by atoms with van der Waals surface area (Å²) in [5.74, 6) is 0.423. The van der Waals surface area contributed by atoms with Crippen molar-refractivity contribution in [1.82, 2.24) is 9.78 Å². The van der Waals surface area contributed by atoms with Gasteiger partial charge in [-0.3, -0.25) is 4.79 Å². The predicted octanol–water partition coefficient (Wildman–Crippen LogP) is 4.28. The third-order valence-electron chi connectivity index (χ3n) is 3.93. The van der Waals surface area contributed by atoms with Crippen LogP contribution in [-0.2, 0) is 18.1 Å². The molecule has 140 valence electrons. The van der Waals surface area contributed by atoms with Gasteiger partial charge in [-0.1, -0.05) is 29.8 Å². The Kier molecular flexibility index (Phi) is 6.11. The van der Waals surface area contributed by atoms with E-state index in [-0.39, 0.29) is 12.6 Å². The Labute approximate surface area is 162 Å². The van der Waals surface area contributed by atoms with Crippen molar-refractivity contribution >= 4 is 23.2 Å². The molecule has 1 N–H and O–H groups in total. The van der Waals surface area contributed by atoms with Gasteiger partial charge in [0.05, 0.1) is 0 Å². The lowest BCUT2D eigenvalue weighted by Gasteiger charge is -2.12. The molecule has 0 atom stereocenters. The topological polar surface area (TPSA) is 65.4 Å². The van der Waals surface area contributed by atoms with Crippen molar-refractivity contribution in [2.75, 3.05) is 12.4 Å². The number of hydrogen-bond donors (Lipinski definition) is 1. The number of anilines is 1. The molecule has 1 aromatic heterocycles. The molecule has 27 heavy (non-hydrogen) atoms. The summed E-state index contributed by atoms with van der Waals surface area (Å²) in [6.45, 7) is 2.55. The zero-order valence-electron chi connectivity index (χ0n) is 15.1. The van der Waals surface area contributed by atoms with Crippen LogP contribution in [0, 0.1) is 6.92 Å². The Hall–Kier alpha value is -2.83. The van der Waals surface area contributed by atoms with Crippen LogP contribution in [0.4, 0.5) is 5.69 Å². The monoisotopic (exact) mass is 385 g/mol. The number of amides is 1. The fourth-order valence-corrected chi connectivity index (χ4v) is 2.78.